The average Bonchev–Trinajstić information content (AvgIpc) is 3.51. The molecule has 45 heavy (non-hydrogen) atoms. The number of carbonyl (C=O) groups excluding carboxylic acids is 1. The molecule has 0 saturated heterocycles. The van der Waals surface area contributed by atoms with Gasteiger partial charge < -0.3 is 40.0 Å². The summed E-state index contributed by atoms with van der Waals surface area (Å²) in [5, 5.41) is 47.1. The number of phenols is 1. The smallest absolute Gasteiger partial charge is 0.305 e. The molecule has 0 fully saturated rings. The minimum atomic E-state index is -1.49. The number of aliphatic imine (C=N–C) groups is 1. The third kappa shape index (κ3) is 10.6. The van der Waals surface area contributed by atoms with Gasteiger partial charge in [-0.1, -0.05) is 5.21 Å². The van der Waals surface area contributed by atoms with E-state index in [1.807, 2.05) is 12.1 Å². The lowest BCUT2D eigenvalue weighted by Gasteiger charge is -2.19. The van der Waals surface area contributed by atoms with Crippen molar-refractivity contribution in [3.63, 3.8) is 0 Å². The first-order valence-corrected chi connectivity index (χ1v) is 14.5. The molecule has 0 spiro atoms. The number of aliphatic carboxylic acids is 1. The van der Waals surface area contributed by atoms with E-state index < -0.39 is 29.9 Å². The van der Waals surface area contributed by atoms with Gasteiger partial charge in [-0.15, -0.1) is 5.10 Å². The molecule has 0 radical (unpaired) electrons. The van der Waals surface area contributed by atoms with Gasteiger partial charge >= 0.3 is 5.97 Å². The van der Waals surface area contributed by atoms with Crippen LogP contribution < -0.4 is 10.1 Å². The van der Waals surface area contributed by atoms with Crippen molar-refractivity contribution in [2.75, 3.05) is 33.0 Å². The van der Waals surface area contributed by atoms with Gasteiger partial charge in [0.05, 0.1) is 68.8 Å². The van der Waals surface area contributed by atoms with Crippen LogP contribution >= 0.6 is 0 Å². The number of amides is 1. The van der Waals surface area contributed by atoms with Gasteiger partial charge in [-0.2, -0.15) is 0 Å². The second-order valence-electron chi connectivity index (χ2n) is 10.3. The molecule has 4 rings (SSSR count). The van der Waals surface area contributed by atoms with E-state index in [1.165, 1.54) is 22.9 Å². The summed E-state index contributed by atoms with van der Waals surface area (Å²) in [6, 6.07) is 8.98. The van der Waals surface area contributed by atoms with E-state index in [0.717, 1.165) is 17.0 Å². The molecule has 0 bridgehead atoms. The zero-order chi connectivity index (χ0) is 32.2. The number of carbonyl (C=O) groups is 2. The summed E-state index contributed by atoms with van der Waals surface area (Å²) in [5.41, 5.74) is 3.51. The zero-order valence-corrected chi connectivity index (χ0v) is 24.5. The molecule has 5 N–H and O–H groups in total. The molecule has 1 aliphatic heterocycles. The molecule has 0 saturated carbocycles. The first-order valence-electron chi connectivity index (χ1n) is 14.5. The van der Waals surface area contributed by atoms with Crippen LogP contribution in [0, 0.1) is 5.82 Å². The van der Waals surface area contributed by atoms with Crippen LogP contribution in [0.3, 0.4) is 0 Å². The van der Waals surface area contributed by atoms with Crippen LogP contribution in [0.25, 0.3) is 5.69 Å². The first-order chi connectivity index (χ1) is 21.7. The zero-order valence-electron chi connectivity index (χ0n) is 24.5. The van der Waals surface area contributed by atoms with Crippen LogP contribution in [0.4, 0.5) is 10.1 Å². The van der Waals surface area contributed by atoms with Gasteiger partial charge in [-0.3, -0.25) is 14.6 Å². The number of halogens is 1. The number of benzene rings is 2. The molecular weight excluding hydrogens is 593 g/mol. The number of ether oxygens (including phenoxy) is 3. The highest BCUT2D eigenvalue weighted by Gasteiger charge is 2.18. The highest BCUT2D eigenvalue weighted by Crippen LogP contribution is 2.31. The number of hydrogen-bond acceptors (Lipinski definition) is 11. The van der Waals surface area contributed by atoms with Gasteiger partial charge in [0.25, 0.3) is 0 Å². The summed E-state index contributed by atoms with van der Waals surface area (Å²) in [6.07, 6.45) is 1.95. The molecule has 2 aromatic carbocycles. The Morgan fingerprint density at radius 3 is 2.58 bits per heavy atom. The standard InChI is InChI=1S/C30H36FN5O9/c31-23-15-21(4-8-27(23)37)36-16-26(34-35-36)25-6-3-19-14-22(5-7-24(19)33-25)45-11-1-2-28(38)32-20(17-43-12-9-29(39)40)18-44-13-10-30(41)42/h4-5,7-8,14-16,20,29,37,39-40H,1-3,6,9-13,17-18H2,(H,32,38)(H,41,42). The number of fused-ring (bicyclic) bond motifs is 1. The molecule has 1 unspecified atom stereocenters. The molecule has 242 valence electrons. The van der Waals surface area contributed by atoms with Crippen molar-refractivity contribution >= 4 is 23.3 Å². The molecule has 1 aromatic heterocycles. The maximum atomic E-state index is 13.7. The predicted molar refractivity (Wildman–Crippen MR) is 157 cm³/mol. The summed E-state index contributed by atoms with van der Waals surface area (Å²) in [4.78, 5) is 27.9. The normalized spacial score (nSPS) is 13.3. The number of hydrogen-bond donors (Lipinski definition) is 5. The molecular formula is C30H36FN5O9. The van der Waals surface area contributed by atoms with Crippen molar-refractivity contribution in [3.05, 3.63) is 59.7 Å². The molecule has 1 atom stereocenters. The van der Waals surface area contributed by atoms with Crippen LogP contribution in [-0.4, -0.2) is 98.4 Å². The van der Waals surface area contributed by atoms with Crippen LogP contribution in [0.15, 0.2) is 47.6 Å². The Bertz CT molecular complexity index is 1480. The largest absolute Gasteiger partial charge is 0.505 e. The summed E-state index contributed by atoms with van der Waals surface area (Å²) in [6.45, 7) is 0.479. The number of carboxylic acid groups (broad SMARTS) is 1. The van der Waals surface area contributed by atoms with Crippen molar-refractivity contribution in [2.24, 2.45) is 4.99 Å². The van der Waals surface area contributed by atoms with Crippen LogP contribution in [0.2, 0.25) is 0 Å². The average molecular weight is 630 g/mol. The van der Waals surface area contributed by atoms with Gasteiger partial charge in [0, 0.05) is 18.9 Å². The number of aliphatic hydroxyl groups excluding tert-OH is 1. The second kappa shape index (κ2) is 16.6. The third-order valence-electron chi connectivity index (χ3n) is 6.72. The van der Waals surface area contributed by atoms with Crippen molar-refractivity contribution in [1.82, 2.24) is 20.3 Å². The Labute approximate surface area is 258 Å². The van der Waals surface area contributed by atoms with Gasteiger partial charge in [0.15, 0.2) is 17.9 Å². The number of phenolic OH excluding ortho intramolecular Hbond substituents is 1. The van der Waals surface area contributed by atoms with E-state index in [0.29, 0.717) is 43.0 Å². The molecule has 14 nitrogen and oxygen atoms in total. The van der Waals surface area contributed by atoms with Crippen molar-refractivity contribution < 1.29 is 48.6 Å². The summed E-state index contributed by atoms with van der Waals surface area (Å²) in [7, 11) is 0. The Balaban J connectivity index is 1.23. The number of aryl methyl sites for hydroxylation is 1. The minimum absolute atomic E-state index is 0.0107. The maximum Gasteiger partial charge on any atom is 0.305 e. The molecule has 1 aliphatic rings. The fourth-order valence-corrected chi connectivity index (χ4v) is 4.41. The van der Waals surface area contributed by atoms with E-state index >= 15 is 0 Å². The lowest BCUT2D eigenvalue weighted by atomic mass is 10.00. The number of nitrogens with zero attached hydrogens (tertiary/aromatic N) is 4. The van der Waals surface area contributed by atoms with Crippen LogP contribution in [-0.2, 0) is 25.5 Å². The summed E-state index contributed by atoms with van der Waals surface area (Å²) < 4.78 is 31.7. The van der Waals surface area contributed by atoms with Crippen molar-refractivity contribution in [2.45, 2.75) is 50.9 Å². The fourth-order valence-electron chi connectivity index (χ4n) is 4.41. The van der Waals surface area contributed by atoms with Crippen molar-refractivity contribution in [1.29, 1.82) is 0 Å². The fraction of sp³-hybridized carbons (Fsp3) is 0.433. The minimum Gasteiger partial charge on any atom is -0.505 e. The highest BCUT2D eigenvalue weighted by atomic mass is 19.1. The Hall–Kier alpha value is -4.44. The predicted octanol–water partition coefficient (Wildman–Crippen LogP) is 2.03. The number of aromatic hydroxyl groups is 1. The summed E-state index contributed by atoms with van der Waals surface area (Å²) in [5.74, 6) is -1.79. The topological polar surface area (TPSA) is 198 Å². The van der Waals surface area contributed by atoms with E-state index in [4.69, 9.17) is 34.5 Å². The van der Waals surface area contributed by atoms with Crippen LogP contribution in [0.5, 0.6) is 11.5 Å². The van der Waals surface area contributed by atoms with Crippen LogP contribution in [0.1, 0.15) is 43.4 Å². The number of rotatable bonds is 18. The van der Waals surface area contributed by atoms with Gasteiger partial charge in [0.1, 0.15) is 11.4 Å². The van der Waals surface area contributed by atoms with E-state index in [-0.39, 0.29) is 51.6 Å². The van der Waals surface area contributed by atoms with E-state index in [1.54, 1.807) is 12.3 Å². The highest BCUT2D eigenvalue weighted by molar-refractivity contribution is 6.01. The molecule has 3 aromatic rings. The number of aliphatic hydroxyl groups is 2. The Kier molecular flexibility index (Phi) is 12.3. The number of nitrogens with one attached hydrogen (secondary N) is 1. The SMILES string of the molecule is O=C(O)CCOCC(COCCC(O)O)NC(=O)CCCOc1ccc2c(c1)CCC(c1cn(-c3ccc(O)c(F)c3)nn1)=N2. The second-order valence-corrected chi connectivity index (χ2v) is 10.3. The number of carboxylic acids is 1. The summed E-state index contributed by atoms with van der Waals surface area (Å²) >= 11 is 0. The lowest BCUT2D eigenvalue weighted by molar-refractivity contribution is -0.138. The van der Waals surface area contributed by atoms with Gasteiger partial charge in [0.2, 0.25) is 5.91 Å². The Morgan fingerprint density at radius 2 is 1.82 bits per heavy atom. The molecule has 1 amide bonds. The van der Waals surface area contributed by atoms with Gasteiger partial charge in [-0.05, 0) is 55.2 Å². The Morgan fingerprint density at radius 1 is 1.02 bits per heavy atom. The molecule has 15 heteroatoms. The molecule has 2 heterocycles. The lowest BCUT2D eigenvalue weighted by Crippen LogP contribution is -2.42. The third-order valence-corrected chi connectivity index (χ3v) is 6.72. The van der Waals surface area contributed by atoms with E-state index in [9.17, 15) is 19.1 Å². The number of aromatic nitrogens is 3. The molecule has 0 aliphatic carbocycles. The monoisotopic (exact) mass is 629 g/mol. The quantitative estimate of drug-likeness (QED) is 0.102. The van der Waals surface area contributed by atoms with Crippen molar-refractivity contribution in [3.8, 4) is 17.2 Å². The van der Waals surface area contributed by atoms with E-state index in [2.05, 4.69) is 15.6 Å². The maximum absolute atomic E-state index is 13.7. The van der Waals surface area contributed by atoms with Gasteiger partial charge in [-0.25, -0.2) is 9.07 Å². The first kappa shape index (κ1) is 33.5.